The number of carboxylic acid groups (broad SMARTS) is 1. The molecule has 54 valence electrons. The highest BCUT2D eigenvalue weighted by molar-refractivity contribution is 5.81. The van der Waals surface area contributed by atoms with E-state index in [-0.39, 0.29) is 5.82 Å². The van der Waals surface area contributed by atoms with Gasteiger partial charge in [-0.3, -0.25) is 0 Å². The zero-order chi connectivity index (χ0) is 7.72. The summed E-state index contributed by atoms with van der Waals surface area (Å²) < 4.78 is 3.12. The van der Waals surface area contributed by atoms with Crippen LogP contribution in [0, 0.1) is 0 Å². The standard InChI is InChI=1S/C6H8N2O2/c1-7-3-4-8(2)5(7)6(9)10/h3-4H,1-2H3/p+1. The zero-order valence-electron chi connectivity index (χ0n) is 5.90. The molecular weight excluding hydrogens is 132 g/mol. The van der Waals surface area contributed by atoms with Gasteiger partial charge in [0.1, 0.15) is 12.4 Å². The van der Waals surface area contributed by atoms with Gasteiger partial charge in [-0.05, 0) is 0 Å². The van der Waals surface area contributed by atoms with Crippen LogP contribution in [0.1, 0.15) is 10.6 Å². The van der Waals surface area contributed by atoms with Gasteiger partial charge in [0.2, 0.25) is 0 Å². The van der Waals surface area contributed by atoms with E-state index in [4.69, 9.17) is 5.11 Å². The van der Waals surface area contributed by atoms with Gasteiger partial charge < -0.3 is 5.11 Å². The van der Waals surface area contributed by atoms with Gasteiger partial charge in [-0.15, -0.1) is 0 Å². The lowest BCUT2D eigenvalue weighted by atomic mass is 10.6. The largest absolute Gasteiger partial charge is 0.472 e. The summed E-state index contributed by atoms with van der Waals surface area (Å²) in [5.74, 6) is -0.630. The summed E-state index contributed by atoms with van der Waals surface area (Å²) in [4.78, 5) is 10.5. The average molecular weight is 141 g/mol. The fourth-order valence-corrected chi connectivity index (χ4v) is 0.892. The Morgan fingerprint density at radius 1 is 1.80 bits per heavy atom. The van der Waals surface area contributed by atoms with Crippen LogP contribution in [0.2, 0.25) is 0 Å². The van der Waals surface area contributed by atoms with Crippen LogP contribution < -0.4 is 4.57 Å². The minimum atomic E-state index is -0.907. The van der Waals surface area contributed by atoms with Crippen molar-refractivity contribution in [3.63, 3.8) is 0 Å². The number of imidazole rings is 1. The third-order valence-corrected chi connectivity index (χ3v) is 1.37. The highest BCUT2D eigenvalue weighted by Gasteiger charge is 2.18. The lowest BCUT2D eigenvalue weighted by molar-refractivity contribution is -0.673. The van der Waals surface area contributed by atoms with Gasteiger partial charge in [-0.1, -0.05) is 0 Å². The van der Waals surface area contributed by atoms with E-state index >= 15 is 0 Å². The van der Waals surface area contributed by atoms with E-state index in [0.717, 1.165) is 0 Å². The van der Waals surface area contributed by atoms with E-state index in [1.807, 2.05) is 0 Å². The van der Waals surface area contributed by atoms with Crippen LogP contribution in [0.5, 0.6) is 0 Å². The molecule has 0 saturated carbocycles. The van der Waals surface area contributed by atoms with Gasteiger partial charge in [-0.25, -0.2) is 13.9 Å². The number of hydrogen-bond acceptors (Lipinski definition) is 1. The molecule has 1 aromatic heterocycles. The molecule has 0 aliphatic carbocycles. The van der Waals surface area contributed by atoms with E-state index in [0.29, 0.717) is 0 Å². The normalized spacial score (nSPS) is 9.80. The molecule has 0 bridgehead atoms. The second-order valence-electron chi connectivity index (χ2n) is 2.15. The molecule has 0 unspecified atom stereocenters. The Morgan fingerprint density at radius 2 is 2.40 bits per heavy atom. The third-order valence-electron chi connectivity index (χ3n) is 1.37. The fraction of sp³-hybridized carbons (Fsp3) is 0.333. The van der Waals surface area contributed by atoms with Crippen molar-refractivity contribution < 1.29 is 14.5 Å². The topological polar surface area (TPSA) is 46.1 Å². The molecule has 0 aliphatic heterocycles. The average Bonchev–Trinajstić information content (AvgIpc) is 2.11. The van der Waals surface area contributed by atoms with Gasteiger partial charge in [-0.2, -0.15) is 0 Å². The maximum atomic E-state index is 10.5. The van der Waals surface area contributed by atoms with E-state index < -0.39 is 5.97 Å². The SMILES string of the molecule is Cn1cc[n+](C)c1C(=O)O. The molecule has 0 radical (unpaired) electrons. The number of aromatic carboxylic acids is 1. The Morgan fingerprint density at radius 3 is 2.60 bits per heavy atom. The molecule has 0 aromatic carbocycles. The summed E-state index contributed by atoms with van der Waals surface area (Å²) in [6, 6.07) is 0. The molecular formula is C6H9N2O2+. The number of carboxylic acids is 1. The van der Waals surface area contributed by atoms with E-state index in [9.17, 15) is 4.79 Å². The lowest BCUT2D eigenvalue weighted by Crippen LogP contribution is -2.34. The van der Waals surface area contributed by atoms with Crippen molar-refractivity contribution in [2.75, 3.05) is 0 Å². The van der Waals surface area contributed by atoms with Gasteiger partial charge in [0.05, 0.1) is 14.1 Å². The summed E-state index contributed by atoms with van der Waals surface area (Å²) in [7, 11) is 3.40. The predicted molar refractivity (Wildman–Crippen MR) is 33.5 cm³/mol. The molecule has 1 N–H and O–H groups in total. The smallest absolute Gasteiger partial charge is 0.419 e. The summed E-state index contributed by atoms with van der Waals surface area (Å²) in [6.07, 6.45) is 3.40. The molecule has 0 spiro atoms. The first-order valence-electron chi connectivity index (χ1n) is 2.87. The maximum Gasteiger partial charge on any atom is 0.419 e. The highest BCUT2D eigenvalue weighted by atomic mass is 16.4. The molecule has 4 nitrogen and oxygen atoms in total. The highest BCUT2D eigenvalue weighted by Crippen LogP contribution is 1.89. The quantitative estimate of drug-likeness (QED) is 0.538. The molecule has 1 heterocycles. The van der Waals surface area contributed by atoms with E-state index in [1.54, 1.807) is 35.6 Å². The van der Waals surface area contributed by atoms with Crippen molar-refractivity contribution >= 4 is 5.97 Å². The number of nitrogens with zero attached hydrogens (tertiary/aromatic N) is 2. The first-order valence-corrected chi connectivity index (χ1v) is 2.87. The van der Waals surface area contributed by atoms with Crippen LogP contribution in [-0.2, 0) is 14.1 Å². The van der Waals surface area contributed by atoms with E-state index in [2.05, 4.69) is 0 Å². The fourth-order valence-electron chi connectivity index (χ4n) is 0.892. The van der Waals surface area contributed by atoms with Crippen molar-refractivity contribution in [2.24, 2.45) is 14.1 Å². The molecule has 10 heavy (non-hydrogen) atoms. The number of aryl methyl sites for hydroxylation is 2. The predicted octanol–water partition coefficient (Wildman–Crippen LogP) is -0.452. The van der Waals surface area contributed by atoms with Crippen LogP contribution in [0.15, 0.2) is 12.4 Å². The van der Waals surface area contributed by atoms with Crippen molar-refractivity contribution in [3.8, 4) is 0 Å². The molecule has 1 rings (SSSR count). The zero-order valence-corrected chi connectivity index (χ0v) is 5.90. The molecule has 1 aromatic rings. The first kappa shape index (κ1) is 6.80. The number of hydrogen-bond donors (Lipinski definition) is 1. The van der Waals surface area contributed by atoms with Gasteiger partial charge in [0, 0.05) is 0 Å². The number of aromatic nitrogens is 2. The monoisotopic (exact) mass is 141 g/mol. The molecule has 0 saturated heterocycles. The van der Waals surface area contributed by atoms with E-state index in [1.165, 1.54) is 0 Å². The number of rotatable bonds is 1. The van der Waals surface area contributed by atoms with Crippen LogP contribution >= 0.6 is 0 Å². The van der Waals surface area contributed by atoms with Crippen LogP contribution in [0.4, 0.5) is 0 Å². The summed E-state index contributed by atoms with van der Waals surface area (Å²) in [5, 5.41) is 8.59. The second-order valence-corrected chi connectivity index (χ2v) is 2.15. The Hall–Kier alpha value is -1.32. The van der Waals surface area contributed by atoms with Crippen molar-refractivity contribution in [3.05, 3.63) is 18.2 Å². The van der Waals surface area contributed by atoms with Gasteiger partial charge in [0.25, 0.3) is 0 Å². The minimum Gasteiger partial charge on any atom is -0.472 e. The van der Waals surface area contributed by atoms with Crippen LogP contribution in [-0.4, -0.2) is 15.6 Å². The molecule has 0 amide bonds. The van der Waals surface area contributed by atoms with Crippen molar-refractivity contribution in [2.45, 2.75) is 0 Å². The Balaban J connectivity index is 3.23. The molecule has 0 atom stereocenters. The van der Waals surface area contributed by atoms with Gasteiger partial charge >= 0.3 is 11.8 Å². The maximum absolute atomic E-state index is 10.5. The molecule has 0 aliphatic rings. The second kappa shape index (κ2) is 2.13. The Labute approximate surface area is 58.3 Å². The van der Waals surface area contributed by atoms with Gasteiger partial charge in [0.15, 0.2) is 0 Å². The third kappa shape index (κ3) is 0.877. The summed E-state index contributed by atoms with van der Waals surface area (Å²) >= 11 is 0. The van der Waals surface area contributed by atoms with Crippen molar-refractivity contribution in [1.29, 1.82) is 0 Å². The molecule has 0 fully saturated rings. The van der Waals surface area contributed by atoms with Crippen molar-refractivity contribution in [1.82, 2.24) is 4.57 Å². The molecule has 4 heteroatoms. The summed E-state index contributed by atoms with van der Waals surface area (Å²) in [6.45, 7) is 0. The number of carbonyl (C=O) groups is 1. The Kier molecular flexibility index (Phi) is 1.45. The first-order chi connectivity index (χ1) is 4.63. The minimum absolute atomic E-state index is 0.278. The summed E-state index contributed by atoms with van der Waals surface area (Å²) in [5.41, 5.74) is 0. The van der Waals surface area contributed by atoms with Crippen LogP contribution in [0.3, 0.4) is 0 Å². The van der Waals surface area contributed by atoms with Crippen LogP contribution in [0.25, 0.3) is 0 Å². The Bertz CT molecular complexity index is 245. The lowest BCUT2D eigenvalue weighted by Gasteiger charge is -1.88.